The molecule has 48 heavy (non-hydrogen) atoms. The van der Waals surface area contributed by atoms with Crippen molar-refractivity contribution in [2.45, 2.75) is 24.4 Å². The van der Waals surface area contributed by atoms with Crippen LogP contribution in [-0.4, -0.2) is 166 Å². The predicted octanol–water partition coefficient (Wildman–Crippen LogP) is -1.61. The molecule has 1 fully saturated rings. The van der Waals surface area contributed by atoms with Crippen LogP contribution in [0.5, 0.6) is 0 Å². The summed E-state index contributed by atoms with van der Waals surface area (Å²) in [6.45, 7) is -1.88. The smallest absolute Gasteiger partial charge is 0.336 e. The minimum Gasteiger partial charge on any atom is -0.479 e. The van der Waals surface area contributed by atoms with E-state index in [2.05, 4.69) is 0 Å². The third kappa shape index (κ3) is 12.9. The number of hydrogen-bond donors (Lipinski definition) is 8. The third-order valence-corrected chi connectivity index (χ3v) is 5.70. The van der Waals surface area contributed by atoms with E-state index in [1.165, 1.54) is 0 Å². The van der Waals surface area contributed by atoms with Gasteiger partial charge in [-0.15, -0.1) is 0 Å². The molecule has 0 amide bonds. The molecule has 1 aliphatic heterocycles. The van der Waals surface area contributed by atoms with Gasteiger partial charge >= 0.3 is 47.8 Å². The zero-order valence-electron chi connectivity index (χ0n) is 24.4. The average molecular weight is 695 g/mol. The molecule has 1 aliphatic rings. The van der Waals surface area contributed by atoms with Gasteiger partial charge in [-0.2, -0.15) is 0 Å². The van der Waals surface area contributed by atoms with Crippen molar-refractivity contribution in [3.05, 3.63) is 34.4 Å². The first-order valence-corrected chi connectivity index (χ1v) is 13.2. The molecule has 0 bridgehead atoms. The Kier molecular flexibility index (Phi) is 17.1. The summed E-state index contributed by atoms with van der Waals surface area (Å²) in [5.74, 6) is -12.8. The van der Waals surface area contributed by atoms with Crippen LogP contribution in [0, 0.1) is 0 Å². The lowest BCUT2D eigenvalue weighted by Crippen LogP contribution is -2.45. The highest BCUT2D eigenvalue weighted by Crippen LogP contribution is 2.18. The average Bonchev–Trinajstić information content (AvgIpc) is 2.99. The fraction of sp³-hybridized carbons (Fsp3) is 0.462. The molecule has 266 valence electrons. The number of hydrogen-bond acceptors (Lipinski definition) is 14. The molecule has 0 saturated carbocycles. The summed E-state index contributed by atoms with van der Waals surface area (Å²) in [6, 6.07) is 1.02. The van der Waals surface area contributed by atoms with Crippen molar-refractivity contribution in [3.63, 3.8) is 0 Å². The maximum atomic E-state index is 11.3. The van der Waals surface area contributed by atoms with Crippen LogP contribution in [0.1, 0.15) is 41.4 Å². The number of carbonyl (C=O) groups is 8. The minimum absolute atomic E-state index is 0.167. The van der Waals surface area contributed by atoms with Gasteiger partial charge in [-0.05, 0) is 12.1 Å². The molecule has 8 N–H and O–H groups in total. The van der Waals surface area contributed by atoms with E-state index in [9.17, 15) is 58.8 Å². The van der Waals surface area contributed by atoms with Gasteiger partial charge in [0.05, 0.1) is 75.1 Å². The maximum absolute atomic E-state index is 11.3. The topological polar surface area (TPSA) is 354 Å². The summed E-state index contributed by atoms with van der Waals surface area (Å²) in [5.41, 5.74) is -3.15. The van der Waals surface area contributed by atoms with E-state index in [1.54, 1.807) is 0 Å². The first-order valence-electron chi connectivity index (χ1n) is 13.2. The number of ether oxygens (including phenoxy) is 6. The normalized spacial score (nSPS) is 21.5. The maximum Gasteiger partial charge on any atom is 0.336 e. The standard InChI is InChI=1S/C16H24O14.C10H6O8/c17-13(18)9-10(14(19)20)29-7-3-26-4-8-30-12(16(23)24)11(15(21)22)28-6-2-25-1-5-27-9;11-7(12)3-1-4(8(13)14)6(10(17)18)2-5(3)9(15)16/h9-12H,1-8H2,(H,17,18)(H,19,20)(H,21,22)(H,23,24);1-2H,(H,11,12)(H,13,14)(H,15,16)(H,17,18). The summed E-state index contributed by atoms with van der Waals surface area (Å²) < 4.78 is 30.3. The fourth-order valence-corrected chi connectivity index (χ4v) is 3.60. The molecule has 4 atom stereocenters. The molecule has 0 spiro atoms. The Morgan fingerprint density at radius 3 is 0.708 bits per heavy atom. The lowest BCUT2D eigenvalue weighted by molar-refractivity contribution is -0.183. The molecule has 22 heteroatoms. The molecule has 0 aliphatic carbocycles. The van der Waals surface area contributed by atoms with E-state index in [0.29, 0.717) is 12.1 Å². The number of carboxylic acids is 8. The van der Waals surface area contributed by atoms with Gasteiger partial charge in [0.15, 0.2) is 24.4 Å². The van der Waals surface area contributed by atoms with Gasteiger partial charge in [-0.1, -0.05) is 0 Å². The van der Waals surface area contributed by atoms with Crippen LogP contribution >= 0.6 is 0 Å². The van der Waals surface area contributed by atoms with Crippen molar-refractivity contribution < 1.29 is 108 Å². The molecular formula is C26H30O22. The Balaban J connectivity index is 0.000000544. The van der Waals surface area contributed by atoms with Gasteiger partial charge in [0, 0.05) is 0 Å². The van der Waals surface area contributed by atoms with E-state index < -0.39 is 94.4 Å². The van der Waals surface area contributed by atoms with Gasteiger partial charge in [0.25, 0.3) is 0 Å². The number of aromatic carboxylic acids is 4. The Morgan fingerprint density at radius 2 is 0.562 bits per heavy atom. The highest BCUT2D eigenvalue weighted by Gasteiger charge is 2.37. The number of aliphatic carboxylic acids is 4. The quantitative estimate of drug-likeness (QED) is 0.152. The highest BCUT2D eigenvalue weighted by molar-refractivity contribution is 6.09. The fourth-order valence-electron chi connectivity index (χ4n) is 3.60. The summed E-state index contributed by atoms with van der Waals surface area (Å²) >= 11 is 0. The summed E-state index contributed by atoms with van der Waals surface area (Å²) in [5, 5.41) is 71.7. The van der Waals surface area contributed by atoms with E-state index in [0.717, 1.165) is 0 Å². The largest absolute Gasteiger partial charge is 0.479 e. The number of carboxylic acid groups (broad SMARTS) is 8. The third-order valence-electron chi connectivity index (χ3n) is 5.70. The van der Waals surface area contributed by atoms with Gasteiger partial charge in [-0.3, -0.25) is 0 Å². The van der Waals surface area contributed by atoms with E-state index in [4.69, 9.17) is 48.8 Å². The first-order chi connectivity index (χ1) is 22.5. The van der Waals surface area contributed by atoms with Gasteiger partial charge in [0.1, 0.15) is 0 Å². The Labute approximate surface area is 267 Å². The predicted molar refractivity (Wildman–Crippen MR) is 145 cm³/mol. The van der Waals surface area contributed by atoms with E-state index >= 15 is 0 Å². The van der Waals surface area contributed by atoms with Gasteiger partial charge < -0.3 is 69.3 Å². The molecule has 4 unspecified atom stereocenters. The zero-order valence-corrected chi connectivity index (χ0v) is 24.4. The van der Waals surface area contributed by atoms with Crippen molar-refractivity contribution in [1.29, 1.82) is 0 Å². The lowest BCUT2D eigenvalue weighted by Gasteiger charge is -2.23. The van der Waals surface area contributed by atoms with Crippen LogP contribution in [0.15, 0.2) is 12.1 Å². The second-order valence-corrected chi connectivity index (χ2v) is 8.91. The second kappa shape index (κ2) is 20.1. The summed E-state index contributed by atoms with van der Waals surface area (Å²) in [4.78, 5) is 88.3. The summed E-state index contributed by atoms with van der Waals surface area (Å²) in [6.07, 6.45) is -7.18. The van der Waals surface area contributed by atoms with Gasteiger partial charge in [-0.25, -0.2) is 38.4 Å². The Morgan fingerprint density at radius 1 is 0.375 bits per heavy atom. The molecular weight excluding hydrogens is 664 g/mol. The van der Waals surface area contributed by atoms with Crippen LogP contribution in [0.4, 0.5) is 0 Å². The van der Waals surface area contributed by atoms with Crippen LogP contribution < -0.4 is 0 Å². The zero-order chi connectivity index (χ0) is 36.6. The van der Waals surface area contributed by atoms with E-state index in [-0.39, 0.29) is 52.9 Å². The summed E-state index contributed by atoms with van der Waals surface area (Å²) in [7, 11) is 0. The molecule has 0 aromatic heterocycles. The van der Waals surface area contributed by atoms with Crippen molar-refractivity contribution in [3.8, 4) is 0 Å². The van der Waals surface area contributed by atoms with Crippen molar-refractivity contribution in [2.24, 2.45) is 0 Å². The van der Waals surface area contributed by atoms with E-state index in [1.807, 2.05) is 0 Å². The molecule has 1 aromatic rings. The highest BCUT2D eigenvalue weighted by atomic mass is 16.6. The Hall–Kier alpha value is -5.26. The number of rotatable bonds is 8. The molecule has 1 saturated heterocycles. The monoisotopic (exact) mass is 694 g/mol. The van der Waals surface area contributed by atoms with Crippen LogP contribution in [0.2, 0.25) is 0 Å². The Bertz CT molecular complexity index is 1160. The molecule has 0 radical (unpaired) electrons. The SMILES string of the molecule is O=C(O)C1OCCOCCOC(C(=O)O)C(C(=O)O)OCCOCCOC1C(=O)O.O=C(O)c1cc(C(=O)O)c(C(=O)O)cc1C(=O)O. The van der Waals surface area contributed by atoms with Crippen molar-refractivity contribution in [1.82, 2.24) is 0 Å². The lowest BCUT2D eigenvalue weighted by atomic mass is 9.98. The molecule has 1 aromatic carbocycles. The molecule has 22 nitrogen and oxygen atoms in total. The first kappa shape index (κ1) is 40.8. The van der Waals surface area contributed by atoms with Crippen molar-refractivity contribution >= 4 is 47.8 Å². The van der Waals surface area contributed by atoms with Crippen LogP contribution in [0.25, 0.3) is 0 Å². The van der Waals surface area contributed by atoms with Gasteiger partial charge in [0.2, 0.25) is 0 Å². The van der Waals surface area contributed by atoms with Crippen LogP contribution in [0.3, 0.4) is 0 Å². The second-order valence-electron chi connectivity index (χ2n) is 8.91. The minimum atomic E-state index is -1.79. The van der Waals surface area contributed by atoms with Crippen LogP contribution in [-0.2, 0) is 47.6 Å². The van der Waals surface area contributed by atoms with Crippen molar-refractivity contribution in [2.75, 3.05) is 52.9 Å². The molecule has 1 heterocycles. The molecule has 2 rings (SSSR count). The number of benzene rings is 1.